The van der Waals surface area contributed by atoms with Crippen molar-refractivity contribution < 1.29 is 15.3 Å². The van der Waals surface area contributed by atoms with Gasteiger partial charge in [-0.05, 0) is 12.8 Å². The fourth-order valence-corrected chi connectivity index (χ4v) is 2.83. The van der Waals surface area contributed by atoms with Gasteiger partial charge in [0.25, 0.3) is 0 Å². The summed E-state index contributed by atoms with van der Waals surface area (Å²) in [6, 6.07) is 0. The summed E-state index contributed by atoms with van der Waals surface area (Å²) in [5, 5.41) is 27.6. The van der Waals surface area contributed by atoms with E-state index in [0.717, 1.165) is 19.3 Å². The number of aliphatic hydroxyl groups excluding tert-OH is 3. The van der Waals surface area contributed by atoms with Crippen molar-refractivity contribution in [3.05, 3.63) is 0 Å². The number of rotatable bonds is 4. The minimum Gasteiger partial charge on any atom is -0.394 e. The molecule has 1 rings (SSSR count). The highest BCUT2D eigenvalue weighted by atomic mass is 32.2. The fraction of sp³-hybridized carbons (Fsp3) is 1.00. The largest absolute Gasteiger partial charge is 0.394 e. The number of hydrogen-bond acceptors (Lipinski definition) is 4. The van der Waals surface area contributed by atoms with Crippen molar-refractivity contribution in [2.45, 2.75) is 43.1 Å². The van der Waals surface area contributed by atoms with E-state index in [9.17, 15) is 5.11 Å². The maximum atomic E-state index is 9.59. The lowest BCUT2D eigenvalue weighted by Gasteiger charge is -2.27. The van der Waals surface area contributed by atoms with Gasteiger partial charge >= 0.3 is 0 Å². The summed E-state index contributed by atoms with van der Waals surface area (Å²) in [5.74, 6) is 0.526. The molecule has 0 aromatic carbocycles. The van der Waals surface area contributed by atoms with E-state index in [-0.39, 0.29) is 18.0 Å². The second-order valence-corrected chi connectivity index (χ2v) is 4.83. The minimum absolute atomic E-state index is 0.185. The Labute approximate surface area is 83.2 Å². The predicted octanol–water partition coefficient (Wildman–Crippen LogP) is 0.376. The summed E-state index contributed by atoms with van der Waals surface area (Å²) in [6.07, 6.45) is 3.34. The Morgan fingerprint density at radius 2 is 2.00 bits per heavy atom. The Morgan fingerprint density at radius 1 is 1.31 bits per heavy atom. The van der Waals surface area contributed by atoms with E-state index in [1.165, 1.54) is 6.42 Å². The van der Waals surface area contributed by atoms with E-state index in [2.05, 4.69) is 0 Å². The van der Waals surface area contributed by atoms with Crippen LogP contribution in [0.3, 0.4) is 0 Å². The van der Waals surface area contributed by atoms with Crippen LogP contribution in [0.15, 0.2) is 0 Å². The van der Waals surface area contributed by atoms with Gasteiger partial charge in [-0.2, -0.15) is 11.8 Å². The van der Waals surface area contributed by atoms with Crippen molar-refractivity contribution in [2.24, 2.45) is 0 Å². The van der Waals surface area contributed by atoms with Gasteiger partial charge in [-0.3, -0.25) is 0 Å². The topological polar surface area (TPSA) is 60.7 Å². The quantitative estimate of drug-likeness (QED) is 0.622. The van der Waals surface area contributed by atoms with Crippen LogP contribution >= 0.6 is 11.8 Å². The van der Waals surface area contributed by atoms with Crippen molar-refractivity contribution >= 4 is 11.8 Å². The van der Waals surface area contributed by atoms with Gasteiger partial charge in [-0.25, -0.2) is 0 Å². The van der Waals surface area contributed by atoms with Gasteiger partial charge in [-0.15, -0.1) is 0 Å². The summed E-state index contributed by atoms with van der Waals surface area (Å²) in [7, 11) is 0. The van der Waals surface area contributed by atoms with Crippen LogP contribution in [-0.4, -0.2) is 45.1 Å². The molecule has 1 aliphatic carbocycles. The van der Waals surface area contributed by atoms with Crippen LogP contribution in [-0.2, 0) is 0 Å². The first-order chi connectivity index (χ1) is 6.24. The Bertz CT molecular complexity index is 143. The molecular weight excluding hydrogens is 188 g/mol. The smallest absolute Gasteiger partial charge is 0.0861 e. The van der Waals surface area contributed by atoms with E-state index in [0.29, 0.717) is 5.75 Å². The summed E-state index contributed by atoms with van der Waals surface area (Å²) < 4.78 is 0. The molecule has 0 aromatic heterocycles. The molecule has 0 bridgehead atoms. The molecule has 0 aromatic rings. The van der Waals surface area contributed by atoms with Crippen LogP contribution in [0.1, 0.15) is 25.7 Å². The highest BCUT2D eigenvalue weighted by molar-refractivity contribution is 8.00. The average molecular weight is 206 g/mol. The van der Waals surface area contributed by atoms with Crippen molar-refractivity contribution in [2.75, 3.05) is 12.4 Å². The summed E-state index contributed by atoms with van der Waals surface area (Å²) in [5.41, 5.74) is 0. The third-order valence-corrected chi connectivity index (χ3v) is 3.94. The molecule has 0 spiro atoms. The van der Waals surface area contributed by atoms with Gasteiger partial charge in [-0.1, -0.05) is 12.8 Å². The molecule has 1 saturated carbocycles. The molecule has 4 heteroatoms. The monoisotopic (exact) mass is 206 g/mol. The molecule has 3 N–H and O–H groups in total. The van der Waals surface area contributed by atoms with Gasteiger partial charge < -0.3 is 15.3 Å². The molecule has 78 valence electrons. The lowest BCUT2D eigenvalue weighted by atomic mass is 9.97. The lowest BCUT2D eigenvalue weighted by Crippen LogP contribution is -2.29. The molecule has 3 atom stereocenters. The molecule has 0 heterocycles. The zero-order chi connectivity index (χ0) is 9.68. The van der Waals surface area contributed by atoms with Crippen LogP contribution < -0.4 is 0 Å². The third kappa shape index (κ3) is 3.85. The molecule has 3 unspecified atom stereocenters. The van der Waals surface area contributed by atoms with Crippen molar-refractivity contribution in [1.29, 1.82) is 0 Å². The Hall–Kier alpha value is 0.230. The molecule has 0 amide bonds. The highest BCUT2D eigenvalue weighted by Gasteiger charge is 2.23. The molecule has 0 aliphatic heterocycles. The van der Waals surface area contributed by atoms with E-state index in [1.54, 1.807) is 11.8 Å². The summed E-state index contributed by atoms with van der Waals surface area (Å²) >= 11 is 1.58. The second kappa shape index (κ2) is 5.86. The fourth-order valence-electron chi connectivity index (χ4n) is 1.56. The first kappa shape index (κ1) is 11.3. The first-order valence-electron chi connectivity index (χ1n) is 4.82. The molecular formula is C9H18O3S. The van der Waals surface area contributed by atoms with Crippen molar-refractivity contribution in [1.82, 2.24) is 0 Å². The van der Waals surface area contributed by atoms with Crippen molar-refractivity contribution in [3.8, 4) is 0 Å². The molecule has 1 fully saturated rings. The average Bonchev–Trinajstić information content (AvgIpc) is 2.16. The Kier molecular flexibility index (Phi) is 5.09. The first-order valence-corrected chi connectivity index (χ1v) is 5.87. The number of thioether (sulfide) groups is 1. The zero-order valence-electron chi connectivity index (χ0n) is 7.72. The van der Waals surface area contributed by atoms with E-state index < -0.39 is 6.10 Å². The van der Waals surface area contributed by atoms with E-state index in [1.807, 2.05) is 0 Å². The van der Waals surface area contributed by atoms with Crippen LogP contribution in [0.25, 0.3) is 0 Å². The summed E-state index contributed by atoms with van der Waals surface area (Å²) in [6.45, 7) is -0.185. The molecule has 1 aliphatic rings. The van der Waals surface area contributed by atoms with Crippen LogP contribution in [0.2, 0.25) is 0 Å². The van der Waals surface area contributed by atoms with Gasteiger partial charge in [0.1, 0.15) is 0 Å². The predicted molar refractivity (Wildman–Crippen MR) is 53.8 cm³/mol. The minimum atomic E-state index is -0.640. The van der Waals surface area contributed by atoms with Gasteiger partial charge in [0.2, 0.25) is 0 Å². The van der Waals surface area contributed by atoms with Gasteiger partial charge in [0, 0.05) is 11.0 Å². The second-order valence-electron chi connectivity index (χ2n) is 3.56. The zero-order valence-corrected chi connectivity index (χ0v) is 8.54. The standard InChI is InChI=1S/C9H18O3S/c10-5-7(11)6-13-9-4-2-1-3-8(9)12/h7-12H,1-6H2. The van der Waals surface area contributed by atoms with E-state index >= 15 is 0 Å². The van der Waals surface area contributed by atoms with Crippen LogP contribution in [0, 0.1) is 0 Å². The van der Waals surface area contributed by atoms with Crippen LogP contribution in [0.4, 0.5) is 0 Å². The maximum absolute atomic E-state index is 9.59. The molecule has 3 nitrogen and oxygen atoms in total. The molecule has 13 heavy (non-hydrogen) atoms. The van der Waals surface area contributed by atoms with E-state index in [4.69, 9.17) is 10.2 Å². The highest BCUT2D eigenvalue weighted by Crippen LogP contribution is 2.28. The normalized spacial score (nSPS) is 31.6. The summed E-state index contributed by atoms with van der Waals surface area (Å²) in [4.78, 5) is 0. The van der Waals surface area contributed by atoms with Crippen molar-refractivity contribution in [3.63, 3.8) is 0 Å². The maximum Gasteiger partial charge on any atom is 0.0861 e. The Morgan fingerprint density at radius 3 is 2.62 bits per heavy atom. The van der Waals surface area contributed by atoms with Crippen LogP contribution in [0.5, 0.6) is 0 Å². The molecule has 0 saturated heterocycles. The number of hydrogen-bond donors (Lipinski definition) is 3. The van der Waals surface area contributed by atoms with Gasteiger partial charge in [0.05, 0.1) is 18.8 Å². The number of aliphatic hydroxyl groups is 3. The van der Waals surface area contributed by atoms with Gasteiger partial charge in [0.15, 0.2) is 0 Å². The SMILES string of the molecule is OCC(O)CSC1CCCCC1O. The third-order valence-electron chi connectivity index (χ3n) is 2.38. The Balaban J connectivity index is 2.18. The molecule has 0 radical (unpaired) electrons. The lowest BCUT2D eigenvalue weighted by molar-refractivity contribution is 0.112.